The second kappa shape index (κ2) is 1.04. The predicted molar refractivity (Wildman–Crippen MR) is 43.0 cm³/mol. The molecule has 0 fully saturated rings. The first-order chi connectivity index (χ1) is 4.80. The first-order valence-corrected chi connectivity index (χ1v) is 4.92. The molecule has 4 rings (SSSR count). The maximum atomic E-state index is 11.5. The van der Waals surface area contributed by atoms with E-state index >= 15 is 0 Å². The number of fused-ring (bicyclic) bond motifs is 2. The Morgan fingerprint density at radius 3 is 2.50 bits per heavy atom. The molecule has 3 aliphatic rings. The van der Waals surface area contributed by atoms with Crippen LogP contribution in [0.25, 0.3) is 6.08 Å². The van der Waals surface area contributed by atoms with Crippen molar-refractivity contribution in [3.05, 3.63) is 24.3 Å². The molecule has 0 spiro atoms. The Morgan fingerprint density at radius 1 is 1.40 bits per heavy atom. The molecule has 0 aliphatic carbocycles. The molecule has 2 heteroatoms. The molecule has 2 bridgehead atoms. The Kier molecular flexibility index (Phi) is 0.511. The van der Waals surface area contributed by atoms with Crippen LogP contribution >= 0.6 is 7.14 Å². The van der Waals surface area contributed by atoms with E-state index in [1.165, 1.54) is 0 Å². The SMILES string of the molecule is C=Cc1ccc2c3c1P23=O. The maximum Gasteiger partial charge on any atom is 0.174 e. The van der Waals surface area contributed by atoms with Gasteiger partial charge in [-0.15, -0.1) is 0 Å². The lowest BCUT2D eigenvalue weighted by Crippen LogP contribution is -2.10. The molecule has 1 aromatic rings. The molecule has 0 amide bonds. The molecule has 1 aromatic carbocycles. The van der Waals surface area contributed by atoms with Crippen LogP contribution in [0.15, 0.2) is 18.7 Å². The fraction of sp³-hybridized carbons (Fsp3) is 0. The van der Waals surface area contributed by atoms with Crippen LogP contribution in [0.1, 0.15) is 5.56 Å². The number of hydrogen-bond donors (Lipinski definition) is 0. The van der Waals surface area contributed by atoms with Crippen molar-refractivity contribution in [1.82, 2.24) is 0 Å². The number of rotatable bonds is 1. The normalized spacial score (nSPS) is 29.2. The third-order valence-corrected chi connectivity index (χ3v) is 5.06. The third kappa shape index (κ3) is 0.266. The Balaban J connectivity index is 2.46. The molecule has 3 aliphatic heterocycles. The van der Waals surface area contributed by atoms with Crippen molar-refractivity contribution < 1.29 is 4.57 Å². The van der Waals surface area contributed by atoms with Crippen molar-refractivity contribution in [2.75, 3.05) is 0 Å². The summed E-state index contributed by atoms with van der Waals surface area (Å²) in [6.07, 6.45) is 1.78. The minimum absolute atomic E-state index is 1.08. The highest BCUT2D eigenvalue weighted by atomic mass is 31.2. The summed E-state index contributed by atoms with van der Waals surface area (Å²) in [7, 11) is -1.85. The van der Waals surface area contributed by atoms with Crippen molar-refractivity contribution in [1.29, 1.82) is 0 Å². The van der Waals surface area contributed by atoms with Gasteiger partial charge in [0.15, 0.2) is 7.14 Å². The van der Waals surface area contributed by atoms with E-state index in [0.29, 0.717) is 0 Å². The highest BCUT2D eigenvalue weighted by Crippen LogP contribution is 2.66. The van der Waals surface area contributed by atoms with Gasteiger partial charge in [-0.3, -0.25) is 0 Å². The van der Waals surface area contributed by atoms with E-state index in [0.717, 1.165) is 21.5 Å². The van der Waals surface area contributed by atoms with Crippen molar-refractivity contribution in [2.45, 2.75) is 0 Å². The smallest absolute Gasteiger partial charge is 0.174 e. The highest BCUT2D eigenvalue weighted by Gasteiger charge is 2.66. The Bertz CT molecular complexity index is 418. The van der Waals surface area contributed by atoms with E-state index in [9.17, 15) is 4.57 Å². The van der Waals surface area contributed by atoms with Gasteiger partial charge in [-0.1, -0.05) is 18.7 Å². The summed E-state index contributed by atoms with van der Waals surface area (Å²) in [5.41, 5.74) is 1.08. The average molecular weight is 148 g/mol. The van der Waals surface area contributed by atoms with Gasteiger partial charge < -0.3 is 4.57 Å². The Hall–Kier alpha value is -0.810. The highest BCUT2D eigenvalue weighted by molar-refractivity contribution is 8.06. The molecule has 1 nitrogen and oxygen atoms in total. The minimum atomic E-state index is -1.85. The Labute approximate surface area is 58.7 Å². The second-order valence-electron chi connectivity index (χ2n) is 2.68. The average Bonchev–Trinajstić information content (AvgIpc) is 2.78. The number of benzene rings is 1. The second-order valence-corrected chi connectivity index (χ2v) is 5.28. The number of hydrogen-bond acceptors (Lipinski definition) is 1. The zero-order chi connectivity index (χ0) is 6.93. The van der Waals surface area contributed by atoms with Crippen LogP contribution < -0.4 is 15.9 Å². The van der Waals surface area contributed by atoms with Crippen molar-refractivity contribution in [3.8, 4) is 0 Å². The molecule has 0 saturated heterocycles. The predicted octanol–water partition coefficient (Wildman–Crippen LogP) is 0.596. The third-order valence-electron chi connectivity index (χ3n) is 2.25. The van der Waals surface area contributed by atoms with Crippen LogP contribution in [-0.2, 0) is 4.57 Å². The molecule has 3 heterocycles. The van der Waals surface area contributed by atoms with Crippen LogP contribution in [0.4, 0.5) is 0 Å². The molecule has 1 atom stereocenters. The molecule has 0 N–H and O–H groups in total. The molecule has 1 unspecified atom stereocenters. The summed E-state index contributed by atoms with van der Waals surface area (Å²) in [5, 5.41) is 3.39. The lowest BCUT2D eigenvalue weighted by Gasteiger charge is -1.95. The van der Waals surface area contributed by atoms with Crippen molar-refractivity contribution in [3.63, 3.8) is 0 Å². The van der Waals surface area contributed by atoms with E-state index in [-0.39, 0.29) is 0 Å². The molecular weight excluding hydrogens is 143 g/mol. The van der Waals surface area contributed by atoms with Gasteiger partial charge in [-0.05, 0) is 11.6 Å². The summed E-state index contributed by atoms with van der Waals surface area (Å²) < 4.78 is 11.5. The van der Waals surface area contributed by atoms with Gasteiger partial charge in [0.1, 0.15) is 0 Å². The lowest BCUT2D eigenvalue weighted by atomic mass is 10.2. The van der Waals surface area contributed by atoms with Gasteiger partial charge in [-0.2, -0.15) is 0 Å². The standard InChI is InChI=1S/C8H5OP/c1-2-5-3-4-6-8-7(5)10(6,8)9/h2-4H,1H2. The Morgan fingerprint density at radius 2 is 2.10 bits per heavy atom. The fourth-order valence-electron chi connectivity index (χ4n) is 1.58. The summed E-state index contributed by atoms with van der Waals surface area (Å²) in [6.45, 7) is 3.65. The monoisotopic (exact) mass is 148 g/mol. The first-order valence-electron chi connectivity index (χ1n) is 3.21. The summed E-state index contributed by atoms with van der Waals surface area (Å²) in [5.74, 6) is 0. The first kappa shape index (κ1) is 4.92. The van der Waals surface area contributed by atoms with Gasteiger partial charge in [-0.25, -0.2) is 0 Å². The van der Waals surface area contributed by atoms with E-state index in [1.807, 2.05) is 12.1 Å². The van der Waals surface area contributed by atoms with E-state index in [1.54, 1.807) is 6.08 Å². The van der Waals surface area contributed by atoms with Crippen molar-refractivity contribution in [2.24, 2.45) is 0 Å². The van der Waals surface area contributed by atoms with Gasteiger partial charge in [0, 0.05) is 15.9 Å². The molecule has 10 heavy (non-hydrogen) atoms. The van der Waals surface area contributed by atoms with E-state index in [4.69, 9.17) is 0 Å². The van der Waals surface area contributed by atoms with Gasteiger partial charge >= 0.3 is 0 Å². The van der Waals surface area contributed by atoms with Gasteiger partial charge in [0.2, 0.25) is 0 Å². The largest absolute Gasteiger partial charge is 0.309 e. The maximum absolute atomic E-state index is 11.5. The van der Waals surface area contributed by atoms with Crippen molar-refractivity contribution >= 4 is 29.1 Å². The molecular formula is C8H5OP. The van der Waals surface area contributed by atoms with Crippen LogP contribution in [0.5, 0.6) is 0 Å². The van der Waals surface area contributed by atoms with Gasteiger partial charge in [0.25, 0.3) is 0 Å². The van der Waals surface area contributed by atoms with Crippen LogP contribution in [0.3, 0.4) is 0 Å². The van der Waals surface area contributed by atoms with Gasteiger partial charge in [0.05, 0.1) is 0 Å². The molecule has 0 radical (unpaired) electrons. The minimum Gasteiger partial charge on any atom is -0.309 e. The summed E-state index contributed by atoms with van der Waals surface area (Å²) >= 11 is 0. The van der Waals surface area contributed by atoms with E-state index in [2.05, 4.69) is 6.58 Å². The topological polar surface area (TPSA) is 17.1 Å². The summed E-state index contributed by atoms with van der Waals surface area (Å²) in [6, 6.07) is 3.95. The lowest BCUT2D eigenvalue weighted by molar-refractivity contribution is 0.598. The zero-order valence-corrected chi connectivity index (χ0v) is 6.19. The van der Waals surface area contributed by atoms with Crippen LogP contribution in [0, 0.1) is 0 Å². The van der Waals surface area contributed by atoms with E-state index < -0.39 is 7.14 Å². The summed E-state index contributed by atoms with van der Waals surface area (Å²) in [4.78, 5) is 0. The molecule has 0 saturated carbocycles. The van der Waals surface area contributed by atoms with Crippen LogP contribution in [0.2, 0.25) is 0 Å². The fourth-order valence-corrected chi connectivity index (χ4v) is 4.41. The quantitative estimate of drug-likeness (QED) is 0.462. The van der Waals surface area contributed by atoms with Crippen LogP contribution in [-0.4, -0.2) is 0 Å². The zero-order valence-electron chi connectivity index (χ0n) is 5.29. The molecule has 48 valence electrons. The molecule has 0 aromatic heterocycles.